The second-order valence-corrected chi connectivity index (χ2v) is 4.71. The summed E-state index contributed by atoms with van der Waals surface area (Å²) in [6, 6.07) is 13.2. The summed E-state index contributed by atoms with van der Waals surface area (Å²) >= 11 is 6.06. The van der Waals surface area contributed by atoms with Gasteiger partial charge < -0.3 is 5.32 Å². The number of anilines is 1. The number of nitrogens with zero attached hydrogens (tertiary/aromatic N) is 4. The number of nitrogens with one attached hydrogen (secondary N) is 1. The molecule has 3 aromatic rings. The van der Waals surface area contributed by atoms with Crippen molar-refractivity contribution in [3.63, 3.8) is 0 Å². The van der Waals surface area contributed by atoms with Gasteiger partial charge in [0, 0.05) is 17.8 Å². The topological polar surface area (TPSA) is 63.6 Å². The Kier molecular flexibility index (Phi) is 4.02. The third kappa shape index (κ3) is 3.52. The summed E-state index contributed by atoms with van der Waals surface area (Å²) in [6.07, 6.45) is 3.21. The van der Waals surface area contributed by atoms with E-state index in [-0.39, 0.29) is 0 Å². The van der Waals surface area contributed by atoms with E-state index in [1.807, 2.05) is 36.4 Å². The lowest BCUT2D eigenvalue weighted by molar-refractivity contribution is 0.992. The quantitative estimate of drug-likeness (QED) is 0.749. The average Bonchev–Trinajstić information content (AvgIpc) is 2.54. The molecule has 1 aromatic carbocycles. The van der Waals surface area contributed by atoms with Crippen LogP contribution in [0.15, 0.2) is 55.0 Å². The van der Waals surface area contributed by atoms with Crippen molar-refractivity contribution in [1.29, 1.82) is 0 Å². The van der Waals surface area contributed by atoms with Crippen molar-refractivity contribution in [2.45, 2.75) is 6.54 Å². The third-order valence-electron chi connectivity index (χ3n) is 2.82. The minimum Gasteiger partial charge on any atom is -0.364 e. The molecule has 1 N–H and O–H groups in total. The molecule has 0 atom stereocenters. The van der Waals surface area contributed by atoms with Crippen LogP contribution in [0, 0.1) is 0 Å². The maximum atomic E-state index is 6.06. The maximum Gasteiger partial charge on any atom is 0.163 e. The predicted octanol–water partition coefficient (Wildman–Crippen LogP) is 3.20. The number of benzene rings is 1. The smallest absolute Gasteiger partial charge is 0.163 e. The monoisotopic (exact) mass is 297 g/mol. The lowest BCUT2D eigenvalue weighted by Crippen LogP contribution is -2.04. The van der Waals surface area contributed by atoms with Gasteiger partial charge in [0.1, 0.15) is 17.3 Å². The third-order valence-corrected chi connectivity index (χ3v) is 3.01. The fraction of sp³-hybridized carbons (Fsp3) is 0.0667. The van der Waals surface area contributed by atoms with E-state index < -0.39 is 0 Å². The molecule has 2 heterocycles. The largest absolute Gasteiger partial charge is 0.364 e. The van der Waals surface area contributed by atoms with Crippen molar-refractivity contribution in [1.82, 2.24) is 19.9 Å². The summed E-state index contributed by atoms with van der Waals surface area (Å²) < 4.78 is 0. The highest BCUT2D eigenvalue weighted by Crippen LogP contribution is 2.20. The summed E-state index contributed by atoms with van der Waals surface area (Å²) in [6.45, 7) is 0.546. The molecule has 0 unspecified atom stereocenters. The van der Waals surface area contributed by atoms with Gasteiger partial charge in [-0.2, -0.15) is 0 Å². The number of halogens is 1. The van der Waals surface area contributed by atoms with E-state index >= 15 is 0 Å². The second-order valence-electron chi connectivity index (χ2n) is 4.32. The van der Waals surface area contributed by atoms with E-state index in [2.05, 4.69) is 25.3 Å². The molecule has 0 saturated heterocycles. The zero-order valence-corrected chi connectivity index (χ0v) is 11.8. The molecule has 0 radical (unpaired) electrons. The van der Waals surface area contributed by atoms with E-state index in [1.165, 1.54) is 6.33 Å². The van der Waals surface area contributed by atoms with Crippen molar-refractivity contribution in [2.24, 2.45) is 0 Å². The maximum absolute atomic E-state index is 6.06. The Hall–Kier alpha value is -2.53. The van der Waals surface area contributed by atoms with Gasteiger partial charge in [-0.25, -0.2) is 19.9 Å². The number of hydrogen-bond donors (Lipinski definition) is 1. The van der Waals surface area contributed by atoms with Crippen molar-refractivity contribution in [2.75, 3.05) is 5.32 Å². The van der Waals surface area contributed by atoms with E-state index in [0.29, 0.717) is 23.3 Å². The van der Waals surface area contributed by atoms with Crippen LogP contribution in [0.3, 0.4) is 0 Å². The first-order valence-electron chi connectivity index (χ1n) is 6.40. The van der Waals surface area contributed by atoms with Crippen LogP contribution in [-0.4, -0.2) is 19.9 Å². The van der Waals surface area contributed by atoms with Crippen molar-refractivity contribution in [3.05, 3.63) is 65.8 Å². The van der Waals surface area contributed by atoms with Gasteiger partial charge >= 0.3 is 0 Å². The highest BCUT2D eigenvalue weighted by atomic mass is 35.5. The first kappa shape index (κ1) is 13.5. The average molecular weight is 298 g/mol. The number of hydrogen-bond acceptors (Lipinski definition) is 5. The molecule has 3 rings (SSSR count). The molecule has 6 heteroatoms. The number of rotatable bonds is 4. The van der Waals surface area contributed by atoms with Crippen LogP contribution in [0.5, 0.6) is 0 Å². The first-order chi connectivity index (χ1) is 10.3. The van der Waals surface area contributed by atoms with Crippen LogP contribution in [0.25, 0.3) is 11.4 Å². The SMILES string of the molecule is Clc1cc(NCc2ccncn2)nc(-c2ccccc2)n1. The lowest BCUT2D eigenvalue weighted by atomic mass is 10.2. The zero-order valence-electron chi connectivity index (χ0n) is 11.1. The van der Waals surface area contributed by atoms with E-state index in [0.717, 1.165) is 11.3 Å². The molecular weight excluding hydrogens is 286 g/mol. The van der Waals surface area contributed by atoms with E-state index in [1.54, 1.807) is 12.3 Å². The molecular formula is C15H12ClN5. The Morgan fingerprint density at radius 1 is 1.05 bits per heavy atom. The molecule has 0 aliphatic heterocycles. The Labute approximate surface area is 127 Å². The van der Waals surface area contributed by atoms with Crippen LogP contribution >= 0.6 is 11.6 Å². The molecule has 0 amide bonds. The molecule has 0 fully saturated rings. The molecule has 0 aliphatic carbocycles. The van der Waals surface area contributed by atoms with Gasteiger partial charge in [0.2, 0.25) is 0 Å². The highest BCUT2D eigenvalue weighted by molar-refractivity contribution is 6.29. The van der Waals surface area contributed by atoms with Gasteiger partial charge in [-0.05, 0) is 6.07 Å². The van der Waals surface area contributed by atoms with E-state index in [9.17, 15) is 0 Å². The van der Waals surface area contributed by atoms with E-state index in [4.69, 9.17) is 11.6 Å². The Balaban J connectivity index is 1.82. The predicted molar refractivity (Wildman–Crippen MR) is 81.8 cm³/mol. The van der Waals surface area contributed by atoms with Crippen LogP contribution in [0.2, 0.25) is 5.15 Å². The van der Waals surface area contributed by atoms with Crippen LogP contribution < -0.4 is 5.32 Å². The van der Waals surface area contributed by atoms with Crippen molar-refractivity contribution in [3.8, 4) is 11.4 Å². The number of aromatic nitrogens is 4. The van der Waals surface area contributed by atoms with Crippen molar-refractivity contribution >= 4 is 17.4 Å². The molecule has 0 aliphatic rings. The molecule has 21 heavy (non-hydrogen) atoms. The van der Waals surface area contributed by atoms with Crippen LogP contribution in [-0.2, 0) is 6.54 Å². The summed E-state index contributed by atoms with van der Waals surface area (Å²) in [5.41, 5.74) is 1.80. The Morgan fingerprint density at radius 2 is 1.90 bits per heavy atom. The summed E-state index contributed by atoms with van der Waals surface area (Å²) in [5.74, 6) is 1.25. The fourth-order valence-electron chi connectivity index (χ4n) is 1.83. The minimum atomic E-state index is 0.397. The molecule has 0 bridgehead atoms. The first-order valence-corrected chi connectivity index (χ1v) is 6.78. The van der Waals surface area contributed by atoms with Gasteiger partial charge in [0.25, 0.3) is 0 Å². The van der Waals surface area contributed by atoms with Gasteiger partial charge in [-0.3, -0.25) is 0 Å². The van der Waals surface area contributed by atoms with Crippen molar-refractivity contribution < 1.29 is 0 Å². The summed E-state index contributed by atoms with van der Waals surface area (Å²) in [4.78, 5) is 16.7. The molecule has 104 valence electrons. The molecule has 2 aromatic heterocycles. The van der Waals surface area contributed by atoms with Crippen LogP contribution in [0.1, 0.15) is 5.69 Å². The molecule has 0 saturated carbocycles. The van der Waals surface area contributed by atoms with Gasteiger partial charge in [0.15, 0.2) is 5.82 Å². The van der Waals surface area contributed by atoms with Crippen LogP contribution in [0.4, 0.5) is 5.82 Å². The minimum absolute atomic E-state index is 0.397. The molecule has 0 spiro atoms. The highest BCUT2D eigenvalue weighted by Gasteiger charge is 2.05. The lowest BCUT2D eigenvalue weighted by Gasteiger charge is -2.07. The second kappa shape index (κ2) is 6.28. The van der Waals surface area contributed by atoms with Gasteiger partial charge in [-0.1, -0.05) is 41.9 Å². The summed E-state index contributed by atoms with van der Waals surface area (Å²) in [7, 11) is 0. The summed E-state index contributed by atoms with van der Waals surface area (Å²) in [5, 5.41) is 3.58. The normalized spacial score (nSPS) is 10.3. The zero-order chi connectivity index (χ0) is 14.5. The Morgan fingerprint density at radius 3 is 2.67 bits per heavy atom. The fourth-order valence-corrected chi connectivity index (χ4v) is 2.01. The Bertz CT molecular complexity index is 719. The van der Waals surface area contributed by atoms with Gasteiger partial charge in [0.05, 0.1) is 12.2 Å². The standard InChI is InChI=1S/C15H12ClN5/c16-13-8-14(18-9-12-6-7-17-10-19-12)21-15(20-13)11-4-2-1-3-5-11/h1-8,10H,9H2,(H,18,20,21). The van der Waals surface area contributed by atoms with Gasteiger partial charge in [-0.15, -0.1) is 0 Å². The molecule has 5 nitrogen and oxygen atoms in total.